The van der Waals surface area contributed by atoms with Gasteiger partial charge in [-0.3, -0.25) is 14.2 Å². The van der Waals surface area contributed by atoms with Crippen LogP contribution in [0.1, 0.15) is 38.2 Å². The Morgan fingerprint density at radius 2 is 1.85 bits per heavy atom. The highest BCUT2D eigenvalue weighted by atomic mass is 16.5. The number of amides is 1. The number of nitrogens with one attached hydrogen (secondary N) is 1. The van der Waals surface area contributed by atoms with Crippen LogP contribution >= 0.6 is 0 Å². The van der Waals surface area contributed by atoms with Crippen LogP contribution in [-0.4, -0.2) is 44.4 Å². The Morgan fingerprint density at radius 3 is 2.55 bits per heavy atom. The molecular weight excluding hydrogens is 422 g/mol. The molecule has 9 nitrogen and oxygen atoms in total. The minimum atomic E-state index is -0.541. The lowest BCUT2D eigenvalue weighted by Gasteiger charge is -2.27. The van der Waals surface area contributed by atoms with E-state index in [9.17, 15) is 14.4 Å². The lowest BCUT2D eigenvalue weighted by Crippen LogP contribution is -2.46. The number of methoxy groups -OCH3 is 1. The Hall–Kier alpha value is -3.20. The monoisotopic (exact) mass is 453 g/mol. The van der Waals surface area contributed by atoms with Gasteiger partial charge in [0.25, 0.3) is 5.56 Å². The molecule has 1 aliphatic carbocycles. The number of fused-ring (bicyclic) bond motifs is 1. The third-order valence-corrected chi connectivity index (χ3v) is 6.39. The van der Waals surface area contributed by atoms with E-state index < -0.39 is 11.2 Å². The molecule has 0 radical (unpaired) electrons. The fraction of sp³-hybridized carbons (Fsp3) is 0.500. The average Bonchev–Trinajstić information content (AvgIpc) is 3.24. The molecule has 0 bridgehead atoms. The number of rotatable bonds is 8. The molecular formula is C24H31N5O4. The van der Waals surface area contributed by atoms with Crippen LogP contribution in [0.25, 0.3) is 11.2 Å². The molecule has 1 N–H and O–H groups in total. The van der Waals surface area contributed by atoms with Crippen molar-refractivity contribution in [2.75, 3.05) is 13.7 Å². The van der Waals surface area contributed by atoms with Gasteiger partial charge in [0.05, 0.1) is 19.5 Å². The number of carbonyl (C=O) groups is 1. The Bertz CT molecular complexity index is 1220. The minimum Gasteiger partial charge on any atom is -0.383 e. The standard InChI is InChI=1S/C24H31N5O4/c1-17-8-10-19(11-9-17)26-20(30)15-29-23(31)21-22(25-16-27(21)12-13-33-2)28(24(29)32)14-18-6-4-3-5-7-18/h3-7,16-17,19H,8-15H2,1-2H3,(H,26,30). The number of carbonyl (C=O) groups excluding carboxylic acids is 1. The van der Waals surface area contributed by atoms with Crippen molar-refractivity contribution in [2.24, 2.45) is 5.92 Å². The van der Waals surface area contributed by atoms with Crippen LogP contribution in [0.15, 0.2) is 46.2 Å². The van der Waals surface area contributed by atoms with Gasteiger partial charge in [0.2, 0.25) is 5.91 Å². The molecule has 9 heteroatoms. The lowest BCUT2D eigenvalue weighted by molar-refractivity contribution is -0.122. The summed E-state index contributed by atoms with van der Waals surface area (Å²) in [5.41, 5.74) is 0.448. The zero-order chi connectivity index (χ0) is 23.4. The molecule has 2 aromatic heterocycles. The van der Waals surface area contributed by atoms with Crippen LogP contribution < -0.4 is 16.6 Å². The molecule has 1 aliphatic rings. The summed E-state index contributed by atoms with van der Waals surface area (Å²) in [4.78, 5) is 43.9. The molecule has 176 valence electrons. The van der Waals surface area contributed by atoms with Crippen LogP contribution in [0.5, 0.6) is 0 Å². The SMILES string of the molecule is COCCn1cnc2c1c(=O)n(CC(=O)NC1CCC(C)CC1)c(=O)n2Cc1ccccc1. The number of hydrogen-bond donors (Lipinski definition) is 1. The van der Waals surface area contributed by atoms with Crippen LogP contribution in [0, 0.1) is 5.92 Å². The van der Waals surface area contributed by atoms with E-state index in [4.69, 9.17) is 4.74 Å². The second-order valence-corrected chi connectivity index (χ2v) is 8.87. The Labute approximate surface area is 192 Å². The van der Waals surface area contributed by atoms with Gasteiger partial charge in [-0.2, -0.15) is 0 Å². The summed E-state index contributed by atoms with van der Waals surface area (Å²) in [5.74, 6) is 0.350. The summed E-state index contributed by atoms with van der Waals surface area (Å²) in [7, 11) is 1.58. The minimum absolute atomic E-state index is 0.0897. The molecule has 1 saturated carbocycles. The third-order valence-electron chi connectivity index (χ3n) is 6.39. The van der Waals surface area contributed by atoms with Gasteiger partial charge in [0, 0.05) is 19.7 Å². The number of ether oxygens (including phenoxy) is 1. The maximum atomic E-state index is 13.4. The summed E-state index contributed by atoms with van der Waals surface area (Å²) in [6, 6.07) is 9.59. The first-order chi connectivity index (χ1) is 16.0. The van der Waals surface area contributed by atoms with Crippen LogP contribution in [0.4, 0.5) is 0 Å². The van der Waals surface area contributed by atoms with Crippen LogP contribution in [-0.2, 0) is 29.2 Å². The number of aromatic nitrogens is 4. The number of imidazole rings is 1. The van der Waals surface area contributed by atoms with Gasteiger partial charge in [0.15, 0.2) is 11.2 Å². The lowest BCUT2D eigenvalue weighted by atomic mass is 9.87. The Kier molecular flexibility index (Phi) is 7.08. The van der Waals surface area contributed by atoms with E-state index in [0.717, 1.165) is 35.8 Å². The smallest absolute Gasteiger partial charge is 0.333 e. The van der Waals surface area contributed by atoms with Gasteiger partial charge in [-0.1, -0.05) is 37.3 Å². The first-order valence-electron chi connectivity index (χ1n) is 11.5. The van der Waals surface area contributed by atoms with E-state index >= 15 is 0 Å². The molecule has 33 heavy (non-hydrogen) atoms. The van der Waals surface area contributed by atoms with Crippen LogP contribution in [0.3, 0.4) is 0 Å². The van der Waals surface area contributed by atoms with E-state index in [2.05, 4.69) is 17.2 Å². The second-order valence-electron chi connectivity index (χ2n) is 8.87. The second kappa shape index (κ2) is 10.2. The van der Waals surface area contributed by atoms with Crippen LogP contribution in [0.2, 0.25) is 0 Å². The topological polar surface area (TPSA) is 100 Å². The van der Waals surface area contributed by atoms with Gasteiger partial charge in [0.1, 0.15) is 6.54 Å². The van der Waals surface area contributed by atoms with Crippen molar-refractivity contribution in [3.8, 4) is 0 Å². The van der Waals surface area contributed by atoms with Crippen molar-refractivity contribution in [1.29, 1.82) is 0 Å². The first-order valence-corrected chi connectivity index (χ1v) is 11.5. The van der Waals surface area contributed by atoms with E-state index in [1.807, 2.05) is 30.3 Å². The molecule has 1 amide bonds. The average molecular weight is 454 g/mol. The summed E-state index contributed by atoms with van der Waals surface area (Å²) < 4.78 is 9.32. The fourth-order valence-electron chi connectivity index (χ4n) is 4.47. The van der Waals surface area contributed by atoms with Gasteiger partial charge < -0.3 is 14.6 Å². The number of hydrogen-bond acceptors (Lipinski definition) is 5. The predicted octanol–water partition coefficient (Wildman–Crippen LogP) is 1.75. The first kappa shape index (κ1) is 23.0. The molecule has 0 spiro atoms. The molecule has 0 unspecified atom stereocenters. The molecule has 1 aromatic carbocycles. The zero-order valence-electron chi connectivity index (χ0n) is 19.2. The summed E-state index contributed by atoms with van der Waals surface area (Å²) in [6.45, 7) is 2.96. The van der Waals surface area contributed by atoms with E-state index in [1.54, 1.807) is 18.0 Å². The summed E-state index contributed by atoms with van der Waals surface area (Å²) in [5, 5.41) is 3.01. The Morgan fingerprint density at radius 1 is 1.12 bits per heavy atom. The molecule has 1 fully saturated rings. The molecule has 2 heterocycles. The van der Waals surface area contributed by atoms with Crippen molar-refractivity contribution in [3.05, 3.63) is 63.1 Å². The quantitative estimate of drug-likeness (QED) is 0.560. The predicted molar refractivity (Wildman–Crippen MR) is 125 cm³/mol. The highest BCUT2D eigenvalue weighted by molar-refractivity contribution is 5.77. The molecule has 0 saturated heterocycles. The van der Waals surface area contributed by atoms with Gasteiger partial charge >= 0.3 is 5.69 Å². The van der Waals surface area contributed by atoms with E-state index in [1.165, 1.54) is 4.57 Å². The molecule has 0 aliphatic heterocycles. The van der Waals surface area contributed by atoms with Gasteiger partial charge in [-0.25, -0.2) is 14.3 Å². The maximum Gasteiger partial charge on any atom is 0.333 e. The normalized spacial score (nSPS) is 18.5. The largest absolute Gasteiger partial charge is 0.383 e. The highest BCUT2D eigenvalue weighted by Gasteiger charge is 2.23. The van der Waals surface area contributed by atoms with Crippen molar-refractivity contribution in [3.63, 3.8) is 0 Å². The Balaban J connectivity index is 1.70. The highest BCUT2D eigenvalue weighted by Crippen LogP contribution is 2.23. The third kappa shape index (κ3) is 5.08. The van der Waals surface area contributed by atoms with Crippen molar-refractivity contribution in [1.82, 2.24) is 24.0 Å². The van der Waals surface area contributed by atoms with Crippen molar-refractivity contribution in [2.45, 2.75) is 58.3 Å². The molecule has 3 aromatic rings. The molecule has 0 atom stereocenters. The maximum absolute atomic E-state index is 13.4. The van der Waals surface area contributed by atoms with Gasteiger partial charge in [-0.15, -0.1) is 0 Å². The number of benzene rings is 1. The van der Waals surface area contributed by atoms with E-state index in [0.29, 0.717) is 30.2 Å². The zero-order valence-corrected chi connectivity index (χ0v) is 19.2. The summed E-state index contributed by atoms with van der Waals surface area (Å²) in [6.07, 6.45) is 5.52. The summed E-state index contributed by atoms with van der Waals surface area (Å²) >= 11 is 0. The van der Waals surface area contributed by atoms with Gasteiger partial charge in [-0.05, 0) is 37.2 Å². The number of nitrogens with zero attached hydrogens (tertiary/aromatic N) is 4. The van der Waals surface area contributed by atoms with Crippen molar-refractivity contribution < 1.29 is 9.53 Å². The van der Waals surface area contributed by atoms with E-state index in [-0.39, 0.29) is 25.0 Å². The van der Waals surface area contributed by atoms with Crippen molar-refractivity contribution >= 4 is 17.1 Å². The molecule has 4 rings (SSSR count). The fourth-order valence-corrected chi connectivity index (χ4v) is 4.47.